The highest BCUT2D eigenvalue weighted by Crippen LogP contribution is 2.37. The van der Waals surface area contributed by atoms with E-state index in [1.807, 2.05) is 6.07 Å². The number of hydrogen-bond acceptors (Lipinski definition) is 2. The lowest BCUT2D eigenvalue weighted by atomic mass is 9.80. The van der Waals surface area contributed by atoms with Crippen LogP contribution < -0.4 is 10.6 Å². The van der Waals surface area contributed by atoms with Crippen LogP contribution in [0.3, 0.4) is 0 Å². The Hall–Kier alpha value is -1.25. The standard InChI is InChI=1S/C14H21FN2/c1-14(2,3)10-7-8-17(9-10)12-6-4-5-11(15)13(12)16/h4-6,10H,7-9,16H2,1-3H3. The van der Waals surface area contributed by atoms with Gasteiger partial charge in [0.25, 0.3) is 0 Å². The molecule has 1 atom stereocenters. The number of nitrogens with zero attached hydrogens (tertiary/aromatic N) is 1. The van der Waals surface area contributed by atoms with Crippen molar-refractivity contribution in [2.75, 3.05) is 23.7 Å². The van der Waals surface area contributed by atoms with Gasteiger partial charge in [0.15, 0.2) is 0 Å². The van der Waals surface area contributed by atoms with E-state index in [-0.39, 0.29) is 11.5 Å². The Bertz CT molecular complexity index is 409. The number of hydrogen-bond donors (Lipinski definition) is 1. The Morgan fingerprint density at radius 3 is 2.65 bits per heavy atom. The molecule has 0 aliphatic carbocycles. The van der Waals surface area contributed by atoms with Crippen molar-refractivity contribution in [3.63, 3.8) is 0 Å². The molecule has 0 spiro atoms. The van der Waals surface area contributed by atoms with Gasteiger partial charge in [-0.1, -0.05) is 26.8 Å². The Morgan fingerprint density at radius 2 is 2.06 bits per heavy atom. The van der Waals surface area contributed by atoms with Crippen LogP contribution in [0.2, 0.25) is 0 Å². The van der Waals surface area contributed by atoms with Gasteiger partial charge < -0.3 is 10.6 Å². The van der Waals surface area contributed by atoms with Crippen molar-refractivity contribution < 1.29 is 4.39 Å². The molecule has 1 heterocycles. The van der Waals surface area contributed by atoms with Crippen molar-refractivity contribution in [1.29, 1.82) is 0 Å². The third-order valence-electron chi connectivity index (χ3n) is 3.78. The molecular formula is C14H21FN2. The summed E-state index contributed by atoms with van der Waals surface area (Å²) in [6.07, 6.45) is 1.15. The summed E-state index contributed by atoms with van der Waals surface area (Å²) in [6, 6.07) is 5.05. The van der Waals surface area contributed by atoms with Crippen LogP contribution in [0.4, 0.5) is 15.8 Å². The Morgan fingerprint density at radius 1 is 1.35 bits per heavy atom. The van der Waals surface area contributed by atoms with E-state index in [9.17, 15) is 4.39 Å². The third kappa shape index (κ3) is 2.38. The summed E-state index contributed by atoms with van der Waals surface area (Å²) < 4.78 is 13.4. The van der Waals surface area contributed by atoms with Gasteiger partial charge in [-0.15, -0.1) is 0 Å². The number of rotatable bonds is 1. The fourth-order valence-corrected chi connectivity index (χ4v) is 2.49. The van der Waals surface area contributed by atoms with E-state index in [2.05, 4.69) is 25.7 Å². The van der Waals surface area contributed by atoms with Crippen molar-refractivity contribution >= 4 is 11.4 Å². The topological polar surface area (TPSA) is 29.3 Å². The largest absolute Gasteiger partial charge is 0.395 e. The lowest BCUT2D eigenvalue weighted by Gasteiger charge is -2.28. The Labute approximate surface area is 103 Å². The van der Waals surface area contributed by atoms with Crippen molar-refractivity contribution in [2.24, 2.45) is 11.3 Å². The second-order valence-corrected chi connectivity index (χ2v) is 5.97. The summed E-state index contributed by atoms with van der Waals surface area (Å²) in [5.41, 5.74) is 7.23. The molecule has 2 rings (SSSR count). The zero-order valence-corrected chi connectivity index (χ0v) is 10.8. The third-order valence-corrected chi connectivity index (χ3v) is 3.78. The van der Waals surface area contributed by atoms with Gasteiger partial charge in [-0.05, 0) is 29.9 Å². The fourth-order valence-electron chi connectivity index (χ4n) is 2.49. The molecule has 1 aliphatic heterocycles. The van der Waals surface area contributed by atoms with E-state index in [1.54, 1.807) is 6.07 Å². The highest BCUT2D eigenvalue weighted by atomic mass is 19.1. The van der Waals surface area contributed by atoms with Crippen molar-refractivity contribution in [1.82, 2.24) is 0 Å². The van der Waals surface area contributed by atoms with Crippen LogP contribution in [0.1, 0.15) is 27.2 Å². The maximum atomic E-state index is 13.4. The maximum absolute atomic E-state index is 13.4. The van der Waals surface area contributed by atoms with E-state index in [0.717, 1.165) is 25.2 Å². The second-order valence-electron chi connectivity index (χ2n) is 5.97. The van der Waals surface area contributed by atoms with E-state index in [1.165, 1.54) is 6.07 Å². The van der Waals surface area contributed by atoms with E-state index in [4.69, 9.17) is 5.73 Å². The first kappa shape index (κ1) is 12.2. The number of nitrogens with two attached hydrogens (primary N) is 1. The molecule has 0 radical (unpaired) electrons. The lowest BCUT2D eigenvalue weighted by Crippen LogP contribution is -2.26. The first-order chi connectivity index (χ1) is 7.89. The molecule has 2 N–H and O–H groups in total. The minimum atomic E-state index is -0.318. The molecular weight excluding hydrogens is 215 g/mol. The highest BCUT2D eigenvalue weighted by molar-refractivity contribution is 5.68. The average Bonchev–Trinajstić information content (AvgIpc) is 2.70. The summed E-state index contributed by atoms with van der Waals surface area (Å²) in [5, 5.41) is 0. The van der Waals surface area contributed by atoms with Gasteiger partial charge in [-0.25, -0.2) is 4.39 Å². The van der Waals surface area contributed by atoms with Crippen LogP contribution in [-0.2, 0) is 0 Å². The normalized spacial score (nSPS) is 20.9. The first-order valence-corrected chi connectivity index (χ1v) is 6.18. The molecule has 1 fully saturated rings. The predicted molar refractivity (Wildman–Crippen MR) is 70.6 cm³/mol. The Balaban J connectivity index is 2.18. The molecule has 0 aromatic heterocycles. The van der Waals surface area contributed by atoms with Crippen molar-refractivity contribution in [2.45, 2.75) is 27.2 Å². The van der Waals surface area contributed by atoms with Crippen LogP contribution in [0.25, 0.3) is 0 Å². The fraction of sp³-hybridized carbons (Fsp3) is 0.571. The lowest BCUT2D eigenvalue weighted by molar-refractivity contribution is 0.263. The number of nitrogen functional groups attached to an aromatic ring is 1. The van der Waals surface area contributed by atoms with Crippen molar-refractivity contribution in [3.8, 4) is 0 Å². The molecule has 1 aromatic carbocycles. The Kier molecular flexibility index (Phi) is 3.02. The molecule has 2 nitrogen and oxygen atoms in total. The number of halogens is 1. The zero-order valence-electron chi connectivity index (χ0n) is 10.8. The minimum Gasteiger partial charge on any atom is -0.395 e. The summed E-state index contributed by atoms with van der Waals surface area (Å²) in [6.45, 7) is 8.72. The first-order valence-electron chi connectivity index (χ1n) is 6.18. The maximum Gasteiger partial charge on any atom is 0.148 e. The summed E-state index contributed by atoms with van der Waals surface area (Å²) in [4.78, 5) is 2.20. The van der Waals surface area contributed by atoms with Gasteiger partial charge in [0.05, 0.1) is 11.4 Å². The summed E-state index contributed by atoms with van der Waals surface area (Å²) in [7, 11) is 0. The molecule has 94 valence electrons. The predicted octanol–water partition coefficient (Wildman–Crippen LogP) is 3.28. The van der Waals surface area contributed by atoms with Crippen LogP contribution in [0.5, 0.6) is 0 Å². The van der Waals surface area contributed by atoms with Gasteiger partial charge in [-0.3, -0.25) is 0 Å². The van der Waals surface area contributed by atoms with Crippen LogP contribution >= 0.6 is 0 Å². The van der Waals surface area contributed by atoms with Gasteiger partial charge in [-0.2, -0.15) is 0 Å². The molecule has 1 unspecified atom stereocenters. The van der Waals surface area contributed by atoms with Crippen LogP contribution in [0.15, 0.2) is 18.2 Å². The number of benzene rings is 1. The molecule has 0 bridgehead atoms. The summed E-state index contributed by atoms with van der Waals surface area (Å²) in [5.74, 6) is 0.326. The SMILES string of the molecule is CC(C)(C)C1CCN(c2cccc(F)c2N)C1. The zero-order chi connectivity index (χ0) is 12.6. The highest BCUT2D eigenvalue weighted by Gasteiger charge is 2.32. The minimum absolute atomic E-state index is 0.280. The van der Waals surface area contributed by atoms with Gasteiger partial charge >= 0.3 is 0 Å². The van der Waals surface area contributed by atoms with Crippen molar-refractivity contribution in [3.05, 3.63) is 24.0 Å². The van der Waals surface area contributed by atoms with Gasteiger partial charge in [0.1, 0.15) is 5.82 Å². The molecule has 0 amide bonds. The van der Waals surface area contributed by atoms with Crippen LogP contribution in [-0.4, -0.2) is 13.1 Å². The molecule has 1 aliphatic rings. The molecule has 1 aromatic rings. The molecule has 1 saturated heterocycles. The quantitative estimate of drug-likeness (QED) is 0.758. The molecule has 0 saturated carbocycles. The van der Waals surface area contributed by atoms with Crippen LogP contribution in [0, 0.1) is 17.2 Å². The van der Waals surface area contributed by atoms with E-state index < -0.39 is 0 Å². The monoisotopic (exact) mass is 236 g/mol. The smallest absolute Gasteiger partial charge is 0.148 e. The van der Waals surface area contributed by atoms with Gasteiger partial charge in [0.2, 0.25) is 0 Å². The average molecular weight is 236 g/mol. The molecule has 3 heteroatoms. The van der Waals surface area contributed by atoms with E-state index >= 15 is 0 Å². The number of para-hydroxylation sites is 1. The summed E-state index contributed by atoms with van der Waals surface area (Å²) >= 11 is 0. The van der Waals surface area contributed by atoms with E-state index in [0.29, 0.717) is 11.3 Å². The molecule has 17 heavy (non-hydrogen) atoms. The number of anilines is 2. The second kappa shape index (κ2) is 4.21. The van der Waals surface area contributed by atoms with Gasteiger partial charge in [0, 0.05) is 13.1 Å².